The fourth-order valence-electron chi connectivity index (χ4n) is 2.19. The Bertz CT molecular complexity index is 898. The van der Waals surface area contributed by atoms with E-state index in [1.54, 1.807) is 24.3 Å². The zero-order chi connectivity index (χ0) is 21.6. The number of amides is 1. The molecule has 0 saturated heterocycles. The number of ether oxygens (including phenoxy) is 2. The standard InChI is InChI=1S/C20H21ClN2O6/c1-12(2)11-28-16-7-4-14(5-8-16)20(25)29-13(3)19(24)22-18-9-6-15(23(26)27)10-17(18)21/h4-10,12-13H,11H2,1-3H3,(H,22,24). The van der Waals surface area contributed by atoms with Gasteiger partial charge in [-0.2, -0.15) is 0 Å². The number of carbonyl (C=O) groups is 2. The van der Waals surface area contributed by atoms with E-state index in [2.05, 4.69) is 5.32 Å². The van der Waals surface area contributed by atoms with E-state index >= 15 is 0 Å². The van der Waals surface area contributed by atoms with Crippen molar-refractivity contribution in [3.63, 3.8) is 0 Å². The van der Waals surface area contributed by atoms with Crippen molar-refractivity contribution >= 4 is 34.9 Å². The van der Waals surface area contributed by atoms with Crippen LogP contribution in [0.4, 0.5) is 11.4 Å². The van der Waals surface area contributed by atoms with Crippen LogP contribution in [0.2, 0.25) is 5.02 Å². The summed E-state index contributed by atoms with van der Waals surface area (Å²) < 4.78 is 10.7. The number of carbonyl (C=O) groups excluding carboxylic acids is 2. The van der Waals surface area contributed by atoms with Gasteiger partial charge in [0.2, 0.25) is 0 Å². The smallest absolute Gasteiger partial charge is 0.338 e. The Hall–Kier alpha value is -3.13. The second-order valence-electron chi connectivity index (χ2n) is 6.69. The average Bonchev–Trinajstić information content (AvgIpc) is 2.67. The molecule has 0 saturated carbocycles. The van der Waals surface area contributed by atoms with Crippen molar-refractivity contribution in [2.24, 2.45) is 5.92 Å². The molecule has 0 bridgehead atoms. The molecule has 0 aliphatic carbocycles. The minimum absolute atomic E-state index is 0.00284. The lowest BCUT2D eigenvalue weighted by Crippen LogP contribution is -2.30. The Labute approximate surface area is 172 Å². The highest BCUT2D eigenvalue weighted by molar-refractivity contribution is 6.34. The predicted octanol–water partition coefficient (Wildman–Crippen LogP) is 4.47. The number of nitrogens with one attached hydrogen (secondary N) is 1. The molecule has 1 amide bonds. The van der Waals surface area contributed by atoms with E-state index in [0.717, 1.165) is 6.07 Å². The molecule has 2 rings (SSSR count). The Kier molecular flexibility index (Phi) is 7.55. The molecule has 0 heterocycles. The van der Waals surface area contributed by atoms with Gasteiger partial charge in [0, 0.05) is 12.1 Å². The van der Waals surface area contributed by atoms with E-state index in [1.165, 1.54) is 19.1 Å². The Morgan fingerprint density at radius 3 is 2.34 bits per heavy atom. The number of halogens is 1. The number of nitro benzene ring substituents is 1. The van der Waals surface area contributed by atoms with Gasteiger partial charge in [0.05, 0.1) is 27.8 Å². The van der Waals surface area contributed by atoms with Gasteiger partial charge < -0.3 is 14.8 Å². The third-order valence-electron chi connectivity index (χ3n) is 3.75. The molecule has 2 aromatic rings. The van der Waals surface area contributed by atoms with Crippen LogP contribution < -0.4 is 10.1 Å². The molecule has 1 unspecified atom stereocenters. The largest absolute Gasteiger partial charge is 0.493 e. The van der Waals surface area contributed by atoms with Gasteiger partial charge >= 0.3 is 5.97 Å². The lowest BCUT2D eigenvalue weighted by atomic mass is 10.2. The summed E-state index contributed by atoms with van der Waals surface area (Å²) in [6.45, 7) is 6.03. The van der Waals surface area contributed by atoms with Gasteiger partial charge in [-0.05, 0) is 43.2 Å². The van der Waals surface area contributed by atoms with Crippen LogP contribution in [-0.2, 0) is 9.53 Å². The Morgan fingerprint density at radius 2 is 1.79 bits per heavy atom. The molecule has 9 heteroatoms. The van der Waals surface area contributed by atoms with Crippen molar-refractivity contribution < 1.29 is 24.0 Å². The second-order valence-corrected chi connectivity index (χ2v) is 7.09. The molecule has 0 radical (unpaired) electrons. The van der Waals surface area contributed by atoms with E-state index in [0.29, 0.717) is 18.3 Å². The lowest BCUT2D eigenvalue weighted by molar-refractivity contribution is -0.384. The number of esters is 1. The molecule has 1 N–H and O–H groups in total. The fourth-order valence-corrected chi connectivity index (χ4v) is 2.41. The normalized spacial score (nSPS) is 11.6. The number of rotatable bonds is 8. The summed E-state index contributed by atoms with van der Waals surface area (Å²) in [5.74, 6) is -0.277. The molecule has 0 aliphatic rings. The van der Waals surface area contributed by atoms with Gasteiger partial charge in [-0.25, -0.2) is 4.79 Å². The van der Waals surface area contributed by atoms with Crippen LogP contribution in [0, 0.1) is 16.0 Å². The Morgan fingerprint density at radius 1 is 1.14 bits per heavy atom. The van der Waals surface area contributed by atoms with Crippen molar-refractivity contribution in [3.8, 4) is 5.75 Å². The minimum atomic E-state index is -1.11. The van der Waals surface area contributed by atoms with Crippen LogP contribution in [0.3, 0.4) is 0 Å². The molecular weight excluding hydrogens is 400 g/mol. The maximum Gasteiger partial charge on any atom is 0.338 e. The minimum Gasteiger partial charge on any atom is -0.493 e. The summed E-state index contributed by atoms with van der Waals surface area (Å²) in [6.07, 6.45) is -1.11. The first-order valence-corrected chi connectivity index (χ1v) is 9.23. The van der Waals surface area contributed by atoms with Crippen molar-refractivity contribution in [1.82, 2.24) is 0 Å². The van der Waals surface area contributed by atoms with Crippen LogP contribution in [0.25, 0.3) is 0 Å². The first kappa shape index (κ1) is 22.2. The average molecular weight is 421 g/mol. The Balaban J connectivity index is 1.95. The summed E-state index contributed by atoms with van der Waals surface area (Å²) in [5.41, 5.74) is 0.250. The number of benzene rings is 2. The van der Waals surface area contributed by atoms with E-state index in [9.17, 15) is 19.7 Å². The van der Waals surface area contributed by atoms with Crippen LogP contribution in [0.15, 0.2) is 42.5 Å². The maximum absolute atomic E-state index is 12.3. The SMILES string of the molecule is CC(C)COc1ccc(C(=O)OC(C)C(=O)Nc2ccc([N+](=O)[O-])cc2Cl)cc1. The fraction of sp³-hybridized carbons (Fsp3) is 0.300. The molecule has 0 spiro atoms. The number of nitrogens with zero attached hydrogens (tertiary/aromatic N) is 1. The quantitative estimate of drug-likeness (QED) is 0.383. The molecular formula is C20H21ClN2O6. The molecule has 0 aliphatic heterocycles. The molecule has 0 fully saturated rings. The summed E-state index contributed by atoms with van der Waals surface area (Å²) in [7, 11) is 0. The van der Waals surface area contributed by atoms with Crippen LogP contribution in [-0.4, -0.2) is 29.5 Å². The highest BCUT2D eigenvalue weighted by atomic mass is 35.5. The molecule has 8 nitrogen and oxygen atoms in total. The van der Waals surface area contributed by atoms with Crippen LogP contribution >= 0.6 is 11.6 Å². The molecule has 154 valence electrons. The van der Waals surface area contributed by atoms with E-state index in [-0.39, 0.29) is 22.0 Å². The number of non-ortho nitro benzene ring substituents is 1. The monoisotopic (exact) mass is 420 g/mol. The summed E-state index contributed by atoms with van der Waals surface area (Å²) in [5, 5.41) is 13.2. The third-order valence-corrected chi connectivity index (χ3v) is 4.06. The van der Waals surface area contributed by atoms with Crippen molar-refractivity contribution in [1.29, 1.82) is 0 Å². The molecule has 0 aromatic heterocycles. The lowest BCUT2D eigenvalue weighted by Gasteiger charge is -2.14. The molecule has 2 aromatic carbocycles. The van der Waals surface area contributed by atoms with Gasteiger partial charge in [-0.3, -0.25) is 14.9 Å². The van der Waals surface area contributed by atoms with E-state index in [4.69, 9.17) is 21.1 Å². The number of nitro groups is 1. The highest BCUT2D eigenvalue weighted by Crippen LogP contribution is 2.26. The first-order valence-electron chi connectivity index (χ1n) is 8.86. The van der Waals surface area contributed by atoms with Crippen molar-refractivity contribution in [3.05, 3.63) is 63.2 Å². The summed E-state index contributed by atoms with van der Waals surface area (Å²) in [6, 6.07) is 10.0. The predicted molar refractivity (Wildman–Crippen MR) is 108 cm³/mol. The van der Waals surface area contributed by atoms with Gasteiger partial charge in [0.25, 0.3) is 11.6 Å². The van der Waals surface area contributed by atoms with E-state index in [1.807, 2.05) is 13.8 Å². The van der Waals surface area contributed by atoms with Crippen molar-refractivity contribution in [2.45, 2.75) is 26.9 Å². The summed E-state index contributed by atoms with van der Waals surface area (Å²) >= 11 is 5.95. The van der Waals surface area contributed by atoms with Gasteiger partial charge in [-0.1, -0.05) is 25.4 Å². The van der Waals surface area contributed by atoms with Crippen LogP contribution in [0.1, 0.15) is 31.1 Å². The van der Waals surface area contributed by atoms with Gasteiger partial charge in [0.1, 0.15) is 5.75 Å². The maximum atomic E-state index is 12.3. The third kappa shape index (κ3) is 6.46. The van der Waals surface area contributed by atoms with Crippen LogP contribution in [0.5, 0.6) is 5.75 Å². The molecule has 1 atom stereocenters. The van der Waals surface area contributed by atoms with Gasteiger partial charge in [-0.15, -0.1) is 0 Å². The van der Waals surface area contributed by atoms with Crippen molar-refractivity contribution in [2.75, 3.05) is 11.9 Å². The number of hydrogen-bond donors (Lipinski definition) is 1. The second kappa shape index (κ2) is 9.88. The van der Waals surface area contributed by atoms with Gasteiger partial charge in [0.15, 0.2) is 6.10 Å². The van der Waals surface area contributed by atoms with E-state index < -0.39 is 22.9 Å². The zero-order valence-electron chi connectivity index (χ0n) is 16.2. The first-order chi connectivity index (χ1) is 13.7. The summed E-state index contributed by atoms with van der Waals surface area (Å²) in [4.78, 5) is 34.6. The zero-order valence-corrected chi connectivity index (χ0v) is 16.9. The topological polar surface area (TPSA) is 108 Å². The highest BCUT2D eigenvalue weighted by Gasteiger charge is 2.20. The molecule has 29 heavy (non-hydrogen) atoms. The number of hydrogen-bond acceptors (Lipinski definition) is 6. The number of anilines is 1.